The van der Waals surface area contributed by atoms with Crippen molar-refractivity contribution in [3.8, 4) is 0 Å². The third-order valence-corrected chi connectivity index (χ3v) is 3.84. The molecule has 3 N–H and O–H groups in total. The monoisotopic (exact) mass is 386 g/mol. The summed E-state index contributed by atoms with van der Waals surface area (Å²) >= 11 is 6.91. The molecule has 0 aromatic heterocycles. The van der Waals surface area contributed by atoms with Gasteiger partial charge in [0, 0.05) is 8.95 Å². The van der Waals surface area contributed by atoms with Crippen LogP contribution in [0.3, 0.4) is 0 Å². The highest BCUT2D eigenvalue weighted by atomic mass is 79.9. The first-order chi connectivity index (χ1) is 9.01. The molecule has 0 radical (unpaired) electrons. The first kappa shape index (κ1) is 14.7. The van der Waals surface area contributed by atoms with Crippen molar-refractivity contribution in [1.29, 1.82) is 0 Å². The highest BCUT2D eigenvalue weighted by molar-refractivity contribution is 9.11. The van der Waals surface area contributed by atoms with Gasteiger partial charge in [0.15, 0.2) is 0 Å². The lowest BCUT2D eigenvalue weighted by Gasteiger charge is -2.19. The van der Waals surface area contributed by atoms with Gasteiger partial charge in [-0.15, -0.1) is 0 Å². The number of hydrogen-bond donors (Lipinski definition) is 2. The number of hydrazine groups is 1. The van der Waals surface area contributed by atoms with Crippen molar-refractivity contribution >= 4 is 31.9 Å². The molecule has 2 nitrogen and oxygen atoms in total. The third kappa shape index (κ3) is 3.42. The summed E-state index contributed by atoms with van der Waals surface area (Å²) in [6.07, 6.45) is 0. The van der Waals surface area contributed by atoms with E-state index < -0.39 is 0 Å². The van der Waals surface area contributed by atoms with Gasteiger partial charge in [0.05, 0.1) is 6.04 Å². The van der Waals surface area contributed by atoms with E-state index in [0.717, 1.165) is 25.6 Å². The van der Waals surface area contributed by atoms with Crippen molar-refractivity contribution < 1.29 is 4.39 Å². The predicted octanol–water partition coefficient (Wildman–Crippen LogP) is 4.21. The maximum atomic E-state index is 13.2. The molecular formula is C14H13Br2FN2. The SMILES string of the molecule is Cc1cc(F)ccc1C(NN)c1cc(Br)cc(Br)c1. The van der Waals surface area contributed by atoms with Gasteiger partial charge in [0.25, 0.3) is 0 Å². The van der Waals surface area contributed by atoms with E-state index in [-0.39, 0.29) is 11.9 Å². The zero-order chi connectivity index (χ0) is 14.0. The standard InChI is InChI=1S/C14H13Br2FN2/c1-8-4-12(17)2-3-13(8)14(19-18)9-5-10(15)7-11(16)6-9/h2-7,14,19H,18H2,1H3. The average molecular weight is 388 g/mol. The lowest BCUT2D eigenvalue weighted by molar-refractivity contribution is 0.611. The van der Waals surface area contributed by atoms with Crippen LogP contribution in [0.2, 0.25) is 0 Å². The van der Waals surface area contributed by atoms with Gasteiger partial charge in [-0.05, 0) is 53.9 Å². The highest BCUT2D eigenvalue weighted by Gasteiger charge is 2.16. The molecule has 0 saturated carbocycles. The van der Waals surface area contributed by atoms with Crippen LogP contribution < -0.4 is 11.3 Å². The average Bonchev–Trinajstić information content (AvgIpc) is 2.31. The number of aryl methyl sites for hydroxylation is 1. The van der Waals surface area contributed by atoms with Crippen LogP contribution in [0, 0.1) is 12.7 Å². The van der Waals surface area contributed by atoms with Crippen LogP contribution >= 0.6 is 31.9 Å². The molecule has 0 bridgehead atoms. The zero-order valence-corrected chi connectivity index (χ0v) is 13.4. The Balaban J connectivity index is 2.49. The Kier molecular flexibility index (Phi) is 4.73. The van der Waals surface area contributed by atoms with E-state index in [0.29, 0.717) is 0 Å². The van der Waals surface area contributed by atoms with Crippen molar-refractivity contribution in [2.75, 3.05) is 0 Å². The van der Waals surface area contributed by atoms with Crippen LogP contribution in [0.15, 0.2) is 45.3 Å². The molecule has 100 valence electrons. The lowest BCUT2D eigenvalue weighted by Crippen LogP contribution is -2.29. The molecule has 2 aromatic rings. The van der Waals surface area contributed by atoms with E-state index in [4.69, 9.17) is 5.84 Å². The van der Waals surface area contributed by atoms with Gasteiger partial charge in [-0.2, -0.15) is 0 Å². The Morgan fingerprint density at radius 2 is 1.74 bits per heavy atom. The fourth-order valence-electron chi connectivity index (χ4n) is 2.07. The molecule has 2 aromatic carbocycles. The fourth-order valence-corrected chi connectivity index (χ4v) is 3.40. The second kappa shape index (κ2) is 6.13. The van der Waals surface area contributed by atoms with Crippen molar-refractivity contribution in [1.82, 2.24) is 5.43 Å². The first-order valence-electron chi connectivity index (χ1n) is 5.69. The predicted molar refractivity (Wildman–Crippen MR) is 82.1 cm³/mol. The minimum Gasteiger partial charge on any atom is -0.271 e. The van der Waals surface area contributed by atoms with Crippen molar-refractivity contribution in [3.63, 3.8) is 0 Å². The van der Waals surface area contributed by atoms with E-state index in [1.807, 2.05) is 25.1 Å². The van der Waals surface area contributed by atoms with Crippen LogP contribution in [0.5, 0.6) is 0 Å². The van der Waals surface area contributed by atoms with Gasteiger partial charge < -0.3 is 0 Å². The molecule has 1 unspecified atom stereocenters. The zero-order valence-electron chi connectivity index (χ0n) is 10.3. The fraction of sp³-hybridized carbons (Fsp3) is 0.143. The van der Waals surface area contributed by atoms with Gasteiger partial charge >= 0.3 is 0 Å². The minimum atomic E-state index is -0.243. The van der Waals surface area contributed by atoms with Crippen molar-refractivity contribution in [2.24, 2.45) is 5.84 Å². The van der Waals surface area contributed by atoms with Crippen LogP contribution in [-0.4, -0.2) is 0 Å². The molecule has 0 amide bonds. The topological polar surface area (TPSA) is 38.0 Å². The molecule has 0 heterocycles. The number of nitrogens with two attached hydrogens (primary N) is 1. The molecule has 2 rings (SSSR count). The number of halogens is 3. The summed E-state index contributed by atoms with van der Waals surface area (Å²) in [5.41, 5.74) is 5.60. The summed E-state index contributed by atoms with van der Waals surface area (Å²) in [5.74, 6) is 5.43. The molecule has 0 aliphatic heterocycles. The molecule has 0 aliphatic carbocycles. The molecule has 0 spiro atoms. The summed E-state index contributed by atoms with van der Waals surface area (Å²) in [6.45, 7) is 1.87. The molecule has 19 heavy (non-hydrogen) atoms. The van der Waals surface area contributed by atoms with Gasteiger partial charge in [0.2, 0.25) is 0 Å². The first-order valence-corrected chi connectivity index (χ1v) is 7.28. The molecule has 0 saturated heterocycles. The van der Waals surface area contributed by atoms with Crippen LogP contribution in [0.25, 0.3) is 0 Å². The second-order valence-electron chi connectivity index (χ2n) is 4.30. The Morgan fingerprint density at radius 1 is 1.11 bits per heavy atom. The maximum absolute atomic E-state index is 13.2. The minimum absolute atomic E-state index is 0.186. The van der Waals surface area contributed by atoms with Crippen molar-refractivity contribution in [3.05, 3.63) is 67.9 Å². The summed E-state index contributed by atoms with van der Waals surface area (Å²) in [7, 11) is 0. The van der Waals surface area contributed by atoms with E-state index >= 15 is 0 Å². The second-order valence-corrected chi connectivity index (χ2v) is 6.13. The normalized spacial score (nSPS) is 12.5. The molecule has 0 fully saturated rings. The molecule has 0 aliphatic rings. The molecule has 1 atom stereocenters. The number of nitrogens with one attached hydrogen (secondary N) is 1. The third-order valence-electron chi connectivity index (χ3n) is 2.93. The number of rotatable bonds is 3. The highest BCUT2D eigenvalue weighted by Crippen LogP contribution is 2.29. The Hall–Kier alpha value is -0.750. The summed E-state index contributed by atoms with van der Waals surface area (Å²) < 4.78 is 15.1. The Bertz CT molecular complexity index is 582. The smallest absolute Gasteiger partial charge is 0.123 e. The maximum Gasteiger partial charge on any atom is 0.123 e. The van der Waals surface area contributed by atoms with E-state index in [9.17, 15) is 4.39 Å². The largest absolute Gasteiger partial charge is 0.271 e. The van der Waals surface area contributed by atoms with Crippen LogP contribution in [0.1, 0.15) is 22.7 Å². The summed E-state index contributed by atoms with van der Waals surface area (Å²) in [6, 6.07) is 10.4. The van der Waals surface area contributed by atoms with Crippen LogP contribution in [-0.2, 0) is 0 Å². The number of hydrogen-bond acceptors (Lipinski definition) is 2. The number of benzene rings is 2. The Labute approximate surface area is 128 Å². The van der Waals surface area contributed by atoms with Gasteiger partial charge in [0.1, 0.15) is 5.82 Å². The van der Waals surface area contributed by atoms with Crippen molar-refractivity contribution in [2.45, 2.75) is 13.0 Å². The van der Waals surface area contributed by atoms with Gasteiger partial charge in [-0.25, -0.2) is 9.82 Å². The quantitative estimate of drug-likeness (QED) is 0.611. The molecule has 5 heteroatoms. The van der Waals surface area contributed by atoms with E-state index in [1.54, 1.807) is 6.07 Å². The van der Waals surface area contributed by atoms with E-state index in [2.05, 4.69) is 37.3 Å². The summed E-state index contributed by atoms with van der Waals surface area (Å²) in [5, 5.41) is 0. The Morgan fingerprint density at radius 3 is 2.26 bits per heavy atom. The molecular weight excluding hydrogens is 375 g/mol. The summed E-state index contributed by atoms with van der Waals surface area (Å²) in [4.78, 5) is 0. The van der Waals surface area contributed by atoms with Crippen LogP contribution in [0.4, 0.5) is 4.39 Å². The van der Waals surface area contributed by atoms with E-state index in [1.165, 1.54) is 12.1 Å². The van der Waals surface area contributed by atoms with Gasteiger partial charge in [-0.1, -0.05) is 37.9 Å². The van der Waals surface area contributed by atoms with Gasteiger partial charge in [-0.3, -0.25) is 5.84 Å². The lowest BCUT2D eigenvalue weighted by atomic mass is 9.95.